The smallest absolute Gasteiger partial charge is 0.306 e. The molecule has 0 saturated carbocycles. The Balaban J connectivity index is 4.10. The lowest BCUT2D eigenvalue weighted by Gasteiger charge is -2.17. The van der Waals surface area contributed by atoms with E-state index in [4.69, 9.17) is 5.84 Å². The molecule has 31 heavy (non-hydrogen) atoms. The van der Waals surface area contributed by atoms with Gasteiger partial charge in [0.15, 0.2) is 0 Å². The van der Waals surface area contributed by atoms with Crippen LogP contribution < -0.4 is 22.3 Å². The van der Waals surface area contributed by atoms with Crippen LogP contribution in [0.3, 0.4) is 0 Å². The number of carboxylic acid groups (broad SMARTS) is 3. The molecule has 0 aromatic rings. The van der Waals surface area contributed by atoms with Gasteiger partial charge in [-0.25, -0.2) is 5.43 Å². The van der Waals surface area contributed by atoms with Crippen LogP contribution in [-0.4, -0.2) is 39.8 Å². The molecule has 0 heterocycles. The molecule has 0 spiro atoms. The highest BCUT2D eigenvalue weighted by atomic mass is 16.4. The normalized spacial score (nSPS) is 14.1. The van der Waals surface area contributed by atoms with Gasteiger partial charge in [-0.3, -0.25) is 20.2 Å². The zero-order valence-corrected chi connectivity index (χ0v) is 18.8. The number of nitrogens with two attached hydrogens (primary N) is 1. The van der Waals surface area contributed by atoms with E-state index < -0.39 is 29.7 Å². The standard InChI is InChI=1S/C21H42N4O6/c1-2-10-17(20(28)29)15-18(21(30)31)13-8-5-7-12-16(19(26)27)11-6-3-4-9-14-23-25-24-22/h16-18,23-25H,2-15,22H2,1H3,(H,26,27)(H,28,29)(H,30,31). The van der Waals surface area contributed by atoms with E-state index in [0.29, 0.717) is 38.5 Å². The Bertz CT molecular complexity index is 506. The molecule has 10 heteroatoms. The van der Waals surface area contributed by atoms with Crippen LogP contribution in [0.15, 0.2) is 0 Å². The van der Waals surface area contributed by atoms with Gasteiger partial charge >= 0.3 is 17.9 Å². The van der Waals surface area contributed by atoms with Crippen LogP contribution in [0.5, 0.6) is 0 Å². The predicted molar refractivity (Wildman–Crippen MR) is 118 cm³/mol. The van der Waals surface area contributed by atoms with Gasteiger partial charge in [-0.1, -0.05) is 51.9 Å². The molecule has 3 unspecified atom stereocenters. The summed E-state index contributed by atoms with van der Waals surface area (Å²) in [6, 6.07) is 0. The number of nitrogens with one attached hydrogen (secondary N) is 3. The van der Waals surface area contributed by atoms with Gasteiger partial charge in [-0.05, 0) is 38.5 Å². The molecule has 0 aliphatic rings. The first kappa shape index (κ1) is 29.2. The third kappa shape index (κ3) is 15.7. The van der Waals surface area contributed by atoms with Gasteiger partial charge in [0.2, 0.25) is 0 Å². The quantitative estimate of drug-likeness (QED) is 0.0744. The zero-order valence-electron chi connectivity index (χ0n) is 18.8. The summed E-state index contributed by atoms with van der Waals surface area (Å²) < 4.78 is 0. The molecule has 0 aromatic carbocycles. The Labute approximate surface area is 185 Å². The van der Waals surface area contributed by atoms with Crippen LogP contribution in [0.4, 0.5) is 0 Å². The molecule has 0 aliphatic carbocycles. The Kier molecular flexibility index (Phi) is 17.9. The number of carboxylic acids is 3. The second-order valence-corrected chi connectivity index (χ2v) is 8.17. The lowest BCUT2D eigenvalue weighted by Crippen LogP contribution is -2.47. The highest BCUT2D eigenvalue weighted by Crippen LogP contribution is 2.24. The first-order valence-corrected chi connectivity index (χ1v) is 11.4. The molecular formula is C21H42N4O6. The molecule has 0 aliphatic heterocycles. The summed E-state index contributed by atoms with van der Waals surface area (Å²) in [6.45, 7) is 2.66. The maximum absolute atomic E-state index is 11.5. The van der Waals surface area contributed by atoms with E-state index in [1.807, 2.05) is 6.92 Å². The Morgan fingerprint density at radius 3 is 1.65 bits per heavy atom. The van der Waals surface area contributed by atoms with Crippen LogP contribution in [0.1, 0.15) is 90.4 Å². The fourth-order valence-corrected chi connectivity index (χ4v) is 3.80. The second-order valence-electron chi connectivity index (χ2n) is 8.17. The van der Waals surface area contributed by atoms with Crippen LogP contribution in [0.25, 0.3) is 0 Å². The van der Waals surface area contributed by atoms with E-state index in [-0.39, 0.29) is 12.3 Å². The maximum Gasteiger partial charge on any atom is 0.306 e. The Hall–Kier alpha value is -1.75. The van der Waals surface area contributed by atoms with Crippen molar-refractivity contribution in [1.82, 2.24) is 16.5 Å². The summed E-state index contributed by atoms with van der Waals surface area (Å²) in [4.78, 5) is 34.2. The number of aliphatic carboxylic acids is 3. The van der Waals surface area contributed by atoms with Gasteiger partial charge in [0.25, 0.3) is 0 Å². The van der Waals surface area contributed by atoms with E-state index in [0.717, 1.165) is 45.1 Å². The molecular weight excluding hydrogens is 404 g/mol. The number of unbranched alkanes of at least 4 members (excludes halogenated alkanes) is 5. The van der Waals surface area contributed by atoms with Crippen molar-refractivity contribution in [3.05, 3.63) is 0 Å². The Morgan fingerprint density at radius 1 is 0.710 bits per heavy atom. The fourth-order valence-electron chi connectivity index (χ4n) is 3.80. The SMILES string of the molecule is CCCC(CC(CCCCCC(CCCCCCNNNN)C(=O)O)C(=O)O)C(=O)O. The molecule has 182 valence electrons. The summed E-state index contributed by atoms with van der Waals surface area (Å²) in [6.07, 6.45) is 9.02. The largest absolute Gasteiger partial charge is 0.481 e. The summed E-state index contributed by atoms with van der Waals surface area (Å²) in [7, 11) is 0. The van der Waals surface area contributed by atoms with Crippen molar-refractivity contribution < 1.29 is 29.7 Å². The minimum absolute atomic E-state index is 0.157. The van der Waals surface area contributed by atoms with E-state index in [2.05, 4.69) is 16.5 Å². The van der Waals surface area contributed by atoms with Crippen molar-refractivity contribution in [2.45, 2.75) is 90.4 Å². The Morgan fingerprint density at radius 2 is 1.16 bits per heavy atom. The van der Waals surface area contributed by atoms with Gasteiger partial charge in [-0.15, -0.1) is 0 Å². The van der Waals surface area contributed by atoms with E-state index in [9.17, 15) is 29.7 Å². The average Bonchev–Trinajstić information content (AvgIpc) is 2.71. The van der Waals surface area contributed by atoms with E-state index >= 15 is 0 Å². The number of hydrazine groups is 3. The minimum Gasteiger partial charge on any atom is -0.481 e. The molecule has 8 N–H and O–H groups in total. The summed E-state index contributed by atoms with van der Waals surface area (Å²) >= 11 is 0. The first-order valence-electron chi connectivity index (χ1n) is 11.4. The lowest BCUT2D eigenvalue weighted by atomic mass is 9.87. The van der Waals surface area contributed by atoms with Gasteiger partial charge in [0, 0.05) is 6.54 Å². The van der Waals surface area contributed by atoms with Crippen LogP contribution in [0.2, 0.25) is 0 Å². The molecule has 10 nitrogen and oxygen atoms in total. The highest BCUT2D eigenvalue weighted by molar-refractivity contribution is 5.73. The average molecular weight is 447 g/mol. The van der Waals surface area contributed by atoms with Crippen molar-refractivity contribution in [3.63, 3.8) is 0 Å². The number of rotatable bonds is 22. The molecule has 0 saturated heterocycles. The maximum atomic E-state index is 11.5. The van der Waals surface area contributed by atoms with Crippen molar-refractivity contribution in [2.24, 2.45) is 23.6 Å². The van der Waals surface area contributed by atoms with Crippen LogP contribution >= 0.6 is 0 Å². The molecule has 0 aromatic heterocycles. The van der Waals surface area contributed by atoms with E-state index in [1.54, 1.807) is 0 Å². The predicted octanol–water partition coefficient (Wildman–Crippen LogP) is 2.65. The first-order chi connectivity index (χ1) is 14.8. The van der Waals surface area contributed by atoms with Crippen LogP contribution in [-0.2, 0) is 14.4 Å². The zero-order chi connectivity index (χ0) is 23.5. The van der Waals surface area contributed by atoms with Crippen molar-refractivity contribution in [1.29, 1.82) is 0 Å². The molecule has 0 amide bonds. The molecule has 0 fully saturated rings. The lowest BCUT2D eigenvalue weighted by molar-refractivity contribution is -0.146. The second kappa shape index (κ2) is 19.0. The van der Waals surface area contributed by atoms with Gasteiger partial charge in [0.1, 0.15) is 0 Å². The van der Waals surface area contributed by atoms with Gasteiger partial charge in [-0.2, -0.15) is 11.1 Å². The summed E-state index contributed by atoms with van der Waals surface area (Å²) in [5.41, 5.74) is 7.74. The summed E-state index contributed by atoms with van der Waals surface area (Å²) in [5, 5.41) is 28.1. The molecule has 0 radical (unpaired) electrons. The van der Waals surface area contributed by atoms with E-state index in [1.165, 1.54) is 0 Å². The monoisotopic (exact) mass is 446 g/mol. The number of hydrogen-bond donors (Lipinski definition) is 7. The number of carbonyl (C=O) groups is 3. The fraction of sp³-hybridized carbons (Fsp3) is 0.857. The third-order valence-corrected chi connectivity index (χ3v) is 5.62. The molecule has 0 rings (SSSR count). The minimum atomic E-state index is -0.948. The van der Waals surface area contributed by atoms with Crippen molar-refractivity contribution >= 4 is 17.9 Å². The topological polar surface area (TPSA) is 174 Å². The number of hydrogen-bond acceptors (Lipinski definition) is 7. The van der Waals surface area contributed by atoms with Crippen molar-refractivity contribution in [2.75, 3.05) is 6.54 Å². The summed E-state index contributed by atoms with van der Waals surface area (Å²) in [5.74, 6) is 0.761. The third-order valence-electron chi connectivity index (χ3n) is 5.62. The van der Waals surface area contributed by atoms with Gasteiger partial charge < -0.3 is 15.3 Å². The molecule has 3 atom stereocenters. The van der Waals surface area contributed by atoms with Crippen LogP contribution in [0, 0.1) is 17.8 Å². The van der Waals surface area contributed by atoms with Gasteiger partial charge in [0.05, 0.1) is 17.8 Å². The highest BCUT2D eigenvalue weighted by Gasteiger charge is 2.26. The van der Waals surface area contributed by atoms with Crippen molar-refractivity contribution in [3.8, 4) is 0 Å². The molecule has 0 bridgehead atoms.